The van der Waals surface area contributed by atoms with E-state index in [9.17, 15) is 13.2 Å². The molecular formula is C20H25N3O5S. The highest BCUT2D eigenvalue weighted by atomic mass is 32.2. The molecule has 29 heavy (non-hydrogen) atoms. The molecule has 2 aromatic carbocycles. The molecule has 1 N–H and O–H groups in total. The van der Waals surface area contributed by atoms with Gasteiger partial charge in [0.15, 0.2) is 0 Å². The predicted octanol–water partition coefficient (Wildman–Crippen LogP) is 1.65. The van der Waals surface area contributed by atoms with Crippen molar-refractivity contribution in [3.63, 3.8) is 0 Å². The zero-order valence-electron chi connectivity index (χ0n) is 16.5. The van der Waals surface area contributed by atoms with Crippen molar-refractivity contribution in [2.75, 3.05) is 52.3 Å². The lowest BCUT2D eigenvalue weighted by Gasteiger charge is -2.33. The summed E-state index contributed by atoms with van der Waals surface area (Å²) < 4.78 is 38.0. The Bertz CT molecular complexity index is 942. The van der Waals surface area contributed by atoms with Crippen LogP contribution in [0, 0.1) is 0 Å². The molecule has 1 aliphatic heterocycles. The maximum atomic E-state index is 13.1. The minimum atomic E-state index is -3.74. The van der Waals surface area contributed by atoms with E-state index < -0.39 is 10.0 Å². The van der Waals surface area contributed by atoms with Crippen LogP contribution in [0.15, 0.2) is 53.4 Å². The van der Waals surface area contributed by atoms with Crippen LogP contribution in [-0.4, -0.2) is 70.5 Å². The van der Waals surface area contributed by atoms with Crippen molar-refractivity contribution in [1.82, 2.24) is 9.21 Å². The molecule has 0 bridgehead atoms. The van der Waals surface area contributed by atoms with Crippen molar-refractivity contribution in [2.24, 2.45) is 0 Å². The summed E-state index contributed by atoms with van der Waals surface area (Å²) in [6.07, 6.45) is 0. The van der Waals surface area contributed by atoms with E-state index in [1.807, 2.05) is 35.2 Å². The number of hydrogen-bond donors (Lipinski definition) is 1. The number of rotatable bonds is 7. The van der Waals surface area contributed by atoms with Crippen molar-refractivity contribution in [3.05, 3.63) is 48.5 Å². The van der Waals surface area contributed by atoms with Crippen molar-refractivity contribution >= 4 is 21.6 Å². The second-order valence-electron chi connectivity index (χ2n) is 6.61. The first kappa shape index (κ1) is 21.1. The van der Waals surface area contributed by atoms with Crippen LogP contribution in [0.4, 0.5) is 5.69 Å². The highest BCUT2D eigenvalue weighted by molar-refractivity contribution is 7.89. The molecule has 0 atom stereocenters. The molecule has 8 nitrogen and oxygen atoms in total. The average molecular weight is 420 g/mol. The Morgan fingerprint density at radius 2 is 1.69 bits per heavy atom. The molecule has 1 heterocycles. The monoisotopic (exact) mass is 419 g/mol. The zero-order chi connectivity index (χ0) is 20.9. The topological polar surface area (TPSA) is 88.2 Å². The fourth-order valence-corrected chi connectivity index (χ4v) is 4.77. The van der Waals surface area contributed by atoms with E-state index in [-0.39, 0.29) is 23.1 Å². The SMILES string of the molecule is COc1ccc(OC)c(S(=O)(=O)N2CCN(CC(=O)Nc3ccccc3)CC2)c1. The number of para-hydroxylation sites is 1. The molecule has 1 amide bonds. The van der Waals surface area contributed by atoms with Crippen molar-refractivity contribution < 1.29 is 22.7 Å². The summed E-state index contributed by atoms with van der Waals surface area (Å²) >= 11 is 0. The highest BCUT2D eigenvalue weighted by Crippen LogP contribution is 2.31. The van der Waals surface area contributed by atoms with Gasteiger partial charge in [0.25, 0.3) is 0 Å². The van der Waals surface area contributed by atoms with E-state index in [0.29, 0.717) is 31.9 Å². The normalized spacial score (nSPS) is 15.7. The van der Waals surface area contributed by atoms with Gasteiger partial charge in [0, 0.05) is 37.9 Å². The molecule has 1 fully saturated rings. The van der Waals surface area contributed by atoms with Gasteiger partial charge < -0.3 is 14.8 Å². The van der Waals surface area contributed by atoms with Gasteiger partial charge in [-0.2, -0.15) is 4.31 Å². The molecule has 0 aromatic heterocycles. The lowest BCUT2D eigenvalue weighted by atomic mass is 10.3. The number of nitrogens with zero attached hydrogens (tertiary/aromatic N) is 2. The van der Waals surface area contributed by atoms with Crippen LogP contribution in [-0.2, 0) is 14.8 Å². The second-order valence-corrected chi connectivity index (χ2v) is 8.52. The van der Waals surface area contributed by atoms with E-state index in [2.05, 4.69) is 5.32 Å². The Hall–Kier alpha value is -2.62. The van der Waals surface area contributed by atoms with Crippen LogP contribution in [0.3, 0.4) is 0 Å². The largest absolute Gasteiger partial charge is 0.497 e. The minimum absolute atomic E-state index is 0.0784. The number of sulfonamides is 1. The number of carbonyl (C=O) groups excluding carboxylic acids is 1. The molecule has 2 aromatic rings. The van der Waals surface area contributed by atoms with Crippen LogP contribution in [0.2, 0.25) is 0 Å². The average Bonchev–Trinajstić information content (AvgIpc) is 2.74. The van der Waals surface area contributed by atoms with E-state index in [1.165, 1.54) is 24.6 Å². The number of piperazine rings is 1. The Morgan fingerprint density at radius 3 is 2.31 bits per heavy atom. The number of carbonyl (C=O) groups is 1. The zero-order valence-corrected chi connectivity index (χ0v) is 17.3. The van der Waals surface area contributed by atoms with E-state index >= 15 is 0 Å². The fourth-order valence-electron chi connectivity index (χ4n) is 3.18. The van der Waals surface area contributed by atoms with Gasteiger partial charge in [0.2, 0.25) is 15.9 Å². The smallest absolute Gasteiger partial charge is 0.246 e. The maximum absolute atomic E-state index is 13.1. The highest BCUT2D eigenvalue weighted by Gasteiger charge is 2.31. The van der Waals surface area contributed by atoms with Crippen LogP contribution >= 0.6 is 0 Å². The van der Waals surface area contributed by atoms with Gasteiger partial charge in [0.05, 0.1) is 20.8 Å². The third kappa shape index (κ3) is 5.06. The summed E-state index contributed by atoms with van der Waals surface area (Å²) in [4.78, 5) is 14.2. The molecule has 0 unspecified atom stereocenters. The van der Waals surface area contributed by atoms with Crippen LogP contribution in [0.5, 0.6) is 11.5 Å². The molecule has 3 rings (SSSR count). The summed E-state index contributed by atoms with van der Waals surface area (Å²) in [7, 11) is -0.818. The number of hydrogen-bond acceptors (Lipinski definition) is 6. The quantitative estimate of drug-likeness (QED) is 0.734. The number of amides is 1. The summed E-state index contributed by atoms with van der Waals surface area (Å²) in [6.45, 7) is 1.73. The van der Waals surface area contributed by atoms with E-state index in [0.717, 1.165) is 5.69 Å². The van der Waals surface area contributed by atoms with E-state index in [1.54, 1.807) is 12.1 Å². The summed E-state index contributed by atoms with van der Waals surface area (Å²) in [5.41, 5.74) is 0.740. The lowest BCUT2D eigenvalue weighted by molar-refractivity contribution is -0.117. The first-order valence-corrected chi connectivity index (χ1v) is 10.7. The summed E-state index contributed by atoms with van der Waals surface area (Å²) in [5, 5.41) is 2.84. The number of nitrogens with one attached hydrogen (secondary N) is 1. The first-order chi connectivity index (χ1) is 13.9. The Kier molecular flexibility index (Phi) is 6.73. The number of ether oxygens (including phenoxy) is 2. The van der Waals surface area contributed by atoms with Crippen LogP contribution in [0.1, 0.15) is 0 Å². The van der Waals surface area contributed by atoms with Crippen molar-refractivity contribution in [1.29, 1.82) is 0 Å². The van der Waals surface area contributed by atoms with Crippen LogP contribution in [0.25, 0.3) is 0 Å². The standard InChI is InChI=1S/C20H25N3O5S/c1-27-17-8-9-18(28-2)19(14-17)29(25,26)23-12-10-22(11-13-23)15-20(24)21-16-6-4-3-5-7-16/h3-9,14H,10-13,15H2,1-2H3,(H,21,24). The van der Waals surface area contributed by atoms with Gasteiger partial charge in [-0.3, -0.25) is 9.69 Å². The third-order valence-corrected chi connectivity index (χ3v) is 6.66. The second kappa shape index (κ2) is 9.25. The third-order valence-electron chi connectivity index (χ3n) is 4.74. The van der Waals surface area contributed by atoms with Gasteiger partial charge in [-0.1, -0.05) is 18.2 Å². The Morgan fingerprint density at radius 1 is 1.00 bits per heavy atom. The molecule has 9 heteroatoms. The Balaban J connectivity index is 1.62. The molecule has 1 aliphatic rings. The Labute approximate surface area is 171 Å². The molecular weight excluding hydrogens is 394 g/mol. The predicted molar refractivity (Wildman–Crippen MR) is 110 cm³/mol. The fraction of sp³-hybridized carbons (Fsp3) is 0.350. The molecule has 156 valence electrons. The van der Waals surface area contributed by atoms with Crippen molar-refractivity contribution in [2.45, 2.75) is 4.90 Å². The number of benzene rings is 2. The number of anilines is 1. The van der Waals surface area contributed by atoms with E-state index in [4.69, 9.17) is 9.47 Å². The van der Waals surface area contributed by atoms with Gasteiger partial charge >= 0.3 is 0 Å². The molecule has 1 saturated heterocycles. The van der Waals surface area contributed by atoms with Gasteiger partial charge in [-0.05, 0) is 24.3 Å². The summed E-state index contributed by atoms with van der Waals surface area (Å²) in [5.74, 6) is 0.595. The molecule has 0 radical (unpaired) electrons. The molecule has 0 aliphatic carbocycles. The minimum Gasteiger partial charge on any atom is -0.497 e. The van der Waals surface area contributed by atoms with Crippen LogP contribution < -0.4 is 14.8 Å². The summed E-state index contributed by atoms with van der Waals surface area (Å²) in [6, 6.07) is 13.9. The van der Waals surface area contributed by atoms with Crippen molar-refractivity contribution in [3.8, 4) is 11.5 Å². The molecule has 0 saturated carbocycles. The molecule has 0 spiro atoms. The van der Waals surface area contributed by atoms with Gasteiger partial charge in [-0.25, -0.2) is 8.42 Å². The lowest BCUT2D eigenvalue weighted by Crippen LogP contribution is -2.50. The maximum Gasteiger partial charge on any atom is 0.246 e. The number of methoxy groups -OCH3 is 2. The first-order valence-electron chi connectivity index (χ1n) is 9.23. The van der Waals surface area contributed by atoms with Gasteiger partial charge in [-0.15, -0.1) is 0 Å². The van der Waals surface area contributed by atoms with Gasteiger partial charge in [0.1, 0.15) is 16.4 Å².